The number of anilines is 1. The molecule has 0 fully saturated rings. The molecule has 2 heterocycles. The van der Waals surface area contributed by atoms with Gasteiger partial charge >= 0.3 is 0 Å². The van der Waals surface area contributed by atoms with Crippen LogP contribution in [-0.4, -0.2) is 27.8 Å². The van der Waals surface area contributed by atoms with Gasteiger partial charge in [-0.15, -0.1) is 0 Å². The van der Waals surface area contributed by atoms with E-state index in [-0.39, 0.29) is 17.2 Å². The Morgan fingerprint density at radius 3 is 2.81 bits per heavy atom. The second-order valence-corrected chi connectivity index (χ2v) is 5.30. The van der Waals surface area contributed by atoms with Gasteiger partial charge in [0.25, 0.3) is 11.5 Å². The molecule has 1 atom stereocenters. The van der Waals surface area contributed by atoms with E-state index in [1.165, 1.54) is 12.1 Å². The van der Waals surface area contributed by atoms with Gasteiger partial charge in [-0.3, -0.25) is 9.59 Å². The minimum Gasteiger partial charge on any atom is -0.385 e. The molecule has 0 spiro atoms. The largest absolute Gasteiger partial charge is 0.385 e. The summed E-state index contributed by atoms with van der Waals surface area (Å²) in [6, 6.07) is 9.94. The Morgan fingerprint density at radius 2 is 2.10 bits per heavy atom. The fourth-order valence-electron chi connectivity index (χ4n) is 2.56. The Hall–Kier alpha value is -2.47. The van der Waals surface area contributed by atoms with Crippen molar-refractivity contribution >= 4 is 11.6 Å². The van der Waals surface area contributed by atoms with Gasteiger partial charge in [-0.2, -0.15) is 5.10 Å². The number of nitrogens with one attached hydrogen (secondary N) is 1. The highest BCUT2D eigenvalue weighted by Crippen LogP contribution is 2.38. The zero-order chi connectivity index (χ0) is 15.0. The van der Waals surface area contributed by atoms with E-state index in [0.29, 0.717) is 24.2 Å². The number of rotatable bonds is 1. The van der Waals surface area contributed by atoms with Crippen molar-refractivity contribution < 1.29 is 9.90 Å². The van der Waals surface area contributed by atoms with Crippen LogP contribution in [-0.2, 0) is 5.60 Å². The average molecular weight is 285 g/mol. The Morgan fingerprint density at radius 1 is 1.33 bits per heavy atom. The highest BCUT2D eigenvalue weighted by molar-refractivity contribution is 6.05. The molecule has 0 aliphatic carbocycles. The van der Waals surface area contributed by atoms with Crippen LogP contribution in [0.15, 0.2) is 41.2 Å². The number of fused-ring (bicyclic) bond motifs is 1. The van der Waals surface area contributed by atoms with Crippen molar-refractivity contribution in [2.45, 2.75) is 18.9 Å². The smallest absolute Gasteiger partial charge is 0.278 e. The van der Waals surface area contributed by atoms with Crippen LogP contribution in [0.3, 0.4) is 0 Å². The third kappa shape index (κ3) is 2.34. The van der Waals surface area contributed by atoms with E-state index >= 15 is 0 Å². The van der Waals surface area contributed by atoms with Crippen LogP contribution < -0.4 is 10.5 Å². The first-order valence-corrected chi connectivity index (χ1v) is 6.68. The minimum absolute atomic E-state index is 0.172. The summed E-state index contributed by atoms with van der Waals surface area (Å²) in [6.07, 6.45) is 0.444. The first-order valence-electron chi connectivity index (χ1n) is 6.68. The van der Waals surface area contributed by atoms with Gasteiger partial charge in [-0.1, -0.05) is 18.2 Å². The van der Waals surface area contributed by atoms with E-state index in [1.807, 2.05) is 18.2 Å². The predicted octanol–water partition coefficient (Wildman–Crippen LogP) is 1.03. The minimum atomic E-state index is -0.953. The van der Waals surface area contributed by atoms with Crippen LogP contribution in [0.5, 0.6) is 0 Å². The highest BCUT2D eigenvalue weighted by atomic mass is 16.3. The summed E-state index contributed by atoms with van der Waals surface area (Å²) in [5.41, 5.74) is 0.256. The molecule has 108 valence electrons. The van der Waals surface area contributed by atoms with Gasteiger partial charge in [0.15, 0.2) is 0 Å². The van der Waals surface area contributed by atoms with E-state index in [9.17, 15) is 14.7 Å². The molecule has 0 saturated carbocycles. The first kappa shape index (κ1) is 13.5. The Labute approximate surface area is 121 Å². The zero-order valence-corrected chi connectivity index (χ0v) is 11.5. The van der Waals surface area contributed by atoms with Crippen LogP contribution in [0, 0.1) is 0 Å². The molecule has 6 heteroatoms. The second kappa shape index (κ2) is 4.82. The van der Waals surface area contributed by atoms with Crippen LogP contribution in [0.4, 0.5) is 5.69 Å². The summed E-state index contributed by atoms with van der Waals surface area (Å²) < 4.78 is 0. The molecular formula is C15H15N3O3. The van der Waals surface area contributed by atoms with Crippen LogP contribution >= 0.6 is 0 Å². The lowest BCUT2D eigenvalue weighted by Crippen LogP contribution is -2.42. The standard InChI is InChI=1S/C15H15N3O3/c1-15(21)8-9-18(12-5-3-2-4-10(12)15)14(20)11-6-7-13(19)17-16-11/h2-7,21H,8-9H2,1H3,(H,17,19). The third-order valence-corrected chi connectivity index (χ3v) is 3.74. The van der Waals surface area contributed by atoms with Crippen molar-refractivity contribution in [3.8, 4) is 0 Å². The van der Waals surface area contributed by atoms with Gasteiger partial charge in [0.2, 0.25) is 0 Å². The van der Waals surface area contributed by atoms with E-state index in [4.69, 9.17) is 0 Å². The van der Waals surface area contributed by atoms with Crippen LogP contribution in [0.25, 0.3) is 0 Å². The second-order valence-electron chi connectivity index (χ2n) is 5.30. The average Bonchev–Trinajstić information content (AvgIpc) is 2.48. The van der Waals surface area contributed by atoms with Crippen molar-refractivity contribution in [2.75, 3.05) is 11.4 Å². The molecule has 1 aromatic carbocycles. The van der Waals surface area contributed by atoms with E-state index < -0.39 is 5.60 Å². The molecule has 1 amide bonds. The third-order valence-electron chi connectivity index (χ3n) is 3.74. The molecule has 0 radical (unpaired) electrons. The number of aromatic amines is 1. The number of H-pyrrole nitrogens is 1. The summed E-state index contributed by atoms with van der Waals surface area (Å²) in [7, 11) is 0. The summed E-state index contributed by atoms with van der Waals surface area (Å²) in [5, 5.41) is 16.5. The van der Waals surface area contributed by atoms with Gasteiger partial charge in [0, 0.05) is 18.2 Å². The lowest BCUT2D eigenvalue weighted by atomic mass is 9.87. The van der Waals surface area contributed by atoms with Gasteiger partial charge in [0.1, 0.15) is 5.69 Å². The molecule has 2 N–H and O–H groups in total. The monoisotopic (exact) mass is 285 g/mol. The number of hydrogen-bond acceptors (Lipinski definition) is 4. The van der Waals surface area contributed by atoms with Crippen molar-refractivity contribution in [1.82, 2.24) is 10.2 Å². The molecule has 0 bridgehead atoms. The maximum absolute atomic E-state index is 12.5. The molecule has 3 rings (SSSR count). The van der Waals surface area contributed by atoms with Gasteiger partial charge < -0.3 is 10.0 Å². The van der Waals surface area contributed by atoms with Crippen LogP contribution in [0.1, 0.15) is 29.4 Å². The number of nitrogens with zero attached hydrogens (tertiary/aromatic N) is 2. The molecule has 21 heavy (non-hydrogen) atoms. The van der Waals surface area contributed by atoms with Crippen molar-refractivity contribution in [2.24, 2.45) is 0 Å². The van der Waals surface area contributed by atoms with Gasteiger partial charge in [-0.25, -0.2) is 5.10 Å². The Balaban J connectivity index is 2.02. The first-order chi connectivity index (χ1) is 9.99. The molecule has 1 unspecified atom stereocenters. The fraction of sp³-hybridized carbons (Fsp3) is 0.267. The number of aromatic nitrogens is 2. The van der Waals surface area contributed by atoms with Crippen molar-refractivity contribution in [3.63, 3.8) is 0 Å². The summed E-state index contributed by atoms with van der Waals surface area (Å²) in [5.74, 6) is -0.297. The topological polar surface area (TPSA) is 86.3 Å². The van der Waals surface area contributed by atoms with Crippen molar-refractivity contribution in [3.05, 3.63) is 58.0 Å². The molecule has 1 aliphatic rings. The van der Waals surface area contributed by atoms with E-state index in [0.717, 1.165) is 0 Å². The maximum Gasteiger partial charge on any atom is 0.278 e. The number of carbonyl (C=O) groups is 1. The normalized spacial score (nSPS) is 21.0. The molecule has 2 aromatic rings. The quantitative estimate of drug-likeness (QED) is 0.819. The zero-order valence-electron chi connectivity index (χ0n) is 11.5. The van der Waals surface area contributed by atoms with E-state index in [2.05, 4.69) is 10.2 Å². The van der Waals surface area contributed by atoms with Crippen molar-refractivity contribution in [1.29, 1.82) is 0 Å². The number of para-hydroxylation sites is 1. The van der Waals surface area contributed by atoms with Gasteiger partial charge in [0.05, 0.1) is 11.3 Å². The molecular weight excluding hydrogens is 270 g/mol. The number of hydrogen-bond donors (Lipinski definition) is 2. The summed E-state index contributed by atoms with van der Waals surface area (Å²) in [6.45, 7) is 2.13. The number of amides is 1. The lowest BCUT2D eigenvalue weighted by molar-refractivity contribution is 0.0450. The molecule has 1 aromatic heterocycles. The highest BCUT2D eigenvalue weighted by Gasteiger charge is 2.35. The van der Waals surface area contributed by atoms with E-state index in [1.54, 1.807) is 17.9 Å². The Bertz CT molecular complexity index is 731. The summed E-state index contributed by atoms with van der Waals surface area (Å²) >= 11 is 0. The lowest BCUT2D eigenvalue weighted by Gasteiger charge is -2.37. The number of aliphatic hydroxyl groups is 1. The molecule has 1 aliphatic heterocycles. The Kier molecular flexibility index (Phi) is 3.10. The summed E-state index contributed by atoms with van der Waals surface area (Å²) in [4.78, 5) is 25.1. The molecule has 0 saturated heterocycles. The maximum atomic E-state index is 12.5. The SMILES string of the molecule is CC1(O)CCN(C(=O)c2ccc(=O)[nH]n2)c2ccccc21. The van der Waals surface area contributed by atoms with Crippen LogP contribution in [0.2, 0.25) is 0 Å². The number of carbonyl (C=O) groups excluding carboxylic acids is 1. The fourth-order valence-corrected chi connectivity index (χ4v) is 2.56. The predicted molar refractivity (Wildman–Crippen MR) is 77.2 cm³/mol. The van der Waals surface area contributed by atoms with Gasteiger partial charge in [-0.05, 0) is 25.5 Å². The number of benzene rings is 1. The molecule has 6 nitrogen and oxygen atoms in total.